The fourth-order valence-corrected chi connectivity index (χ4v) is 1.04. The molecule has 0 spiro atoms. The molecule has 1 aromatic heterocycles. The van der Waals surface area contributed by atoms with Gasteiger partial charge in [0.2, 0.25) is 5.89 Å². The predicted molar refractivity (Wildman–Crippen MR) is 43.0 cm³/mol. The molecule has 0 fully saturated rings. The number of aromatic nitrogens is 1. The third kappa shape index (κ3) is 2.59. The van der Waals surface area contributed by atoms with Gasteiger partial charge in [0.05, 0.1) is 5.69 Å². The third-order valence-electron chi connectivity index (χ3n) is 1.49. The summed E-state index contributed by atoms with van der Waals surface area (Å²) in [6.45, 7) is 3.37. The van der Waals surface area contributed by atoms with Crippen LogP contribution >= 0.6 is 0 Å². The first-order chi connectivity index (χ1) is 6.00. The Hall–Kier alpha value is -0.760. The summed E-state index contributed by atoms with van der Waals surface area (Å²) in [5.41, 5.74) is 0.618. The maximum atomic E-state index is 10.1. The Morgan fingerprint density at radius 2 is 2.31 bits per heavy atom. The van der Waals surface area contributed by atoms with Crippen LogP contribution in [0.25, 0.3) is 0 Å². The molecule has 0 radical (unpaired) electrons. The van der Waals surface area contributed by atoms with Crippen molar-refractivity contribution in [2.45, 2.75) is 20.1 Å². The van der Waals surface area contributed by atoms with Gasteiger partial charge in [-0.1, -0.05) is 0 Å². The summed E-state index contributed by atoms with van der Waals surface area (Å²) >= 11 is -2.54. The van der Waals surface area contributed by atoms with Gasteiger partial charge in [-0.05, 0) is 13.8 Å². The van der Waals surface area contributed by atoms with Gasteiger partial charge in [0.15, 0.2) is 6.23 Å². The fraction of sp³-hybridized carbons (Fsp3) is 0.500. The van der Waals surface area contributed by atoms with Gasteiger partial charge in [0.25, 0.3) is 0 Å². The van der Waals surface area contributed by atoms with Crippen LogP contribution in [0.4, 0.5) is 0 Å². The van der Waals surface area contributed by atoms with E-state index in [2.05, 4.69) is 4.98 Å². The number of nitrogens with zero attached hydrogens (tertiary/aromatic N) is 1. The van der Waals surface area contributed by atoms with E-state index in [9.17, 15) is 8.76 Å². The van der Waals surface area contributed by atoms with Gasteiger partial charge in [-0.2, -0.15) is 0 Å². The first kappa shape index (κ1) is 10.3. The van der Waals surface area contributed by atoms with E-state index >= 15 is 0 Å². The molecule has 0 saturated carbocycles. The Morgan fingerprint density at radius 3 is 2.69 bits per heavy atom. The molecule has 0 saturated heterocycles. The van der Waals surface area contributed by atoms with Gasteiger partial charge >= 0.3 is 0 Å². The molecule has 13 heavy (non-hydrogen) atoms. The van der Waals surface area contributed by atoms with E-state index in [1.54, 1.807) is 13.8 Å². The number of rotatable bonds is 3. The maximum absolute atomic E-state index is 10.1. The molecule has 74 valence electrons. The Bertz CT molecular complexity index is 305. The average molecular weight is 205 g/mol. The van der Waals surface area contributed by atoms with Crippen LogP contribution in [0.3, 0.4) is 0 Å². The molecular weight excluding hydrogens is 196 g/mol. The van der Waals surface area contributed by atoms with Crippen molar-refractivity contribution >= 4 is 11.3 Å². The molecule has 1 rings (SSSR count). The molecule has 0 aromatic carbocycles. The zero-order valence-electron chi connectivity index (χ0n) is 7.10. The van der Waals surface area contributed by atoms with Gasteiger partial charge in [-0.3, -0.25) is 4.21 Å². The van der Waals surface area contributed by atoms with Crippen LogP contribution in [-0.2, 0) is 11.3 Å². The van der Waals surface area contributed by atoms with Crippen molar-refractivity contribution < 1.29 is 18.3 Å². The summed E-state index contributed by atoms with van der Waals surface area (Å²) in [6, 6.07) is 0. The van der Waals surface area contributed by atoms with E-state index in [0.29, 0.717) is 11.5 Å². The number of nitrogens with one attached hydrogen (secondary N) is 1. The van der Waals surface area contributed by atoms with Crippen LogP contribution in [0.1, 0.15) is 23.6 Å². The standard InChI is InChI=1S/C6H10N2O4S/c1-3-4(2)12-6(7-3)5(9)8-13(10)11/h5,8-9H,1-2H3,(H,10,11)/p-1. The molecule has 2 atom stereocenters. The monoisotopic (exact) mass is 205 g/mol. The van der Waals surface area contributed by atoms with Crippen molar-refractivity contribution in [2.75, 3.05) is 0 Å². The predicted octanol–water partition coefficient (Wildman–Crippen LogP) is -0.334. The second-order valence-electron chi connectivity index (χ2n) is 2.45. The zero-order valence-corrected chi connectivity index (χ0v) is 7.92. The lowest BCUT2D eigenvalue weighted by atomic mass is 10.4. The van der Waals surface area contributed by atoms with Gasteiger partial charge in [0.1, 0.15) is 5.76 Å². The number of aliphatic hydroxyl groups excluding tert-OH is 1. The Morgan fingerprint density at radius 1 is 1.69 bits per heavy atom. The van der Waals surface area contributed by atoms with Crippen molar-refractivity contribution in [3.8, 4) is 0 Å². The van der Waals surface area contributed by atoms with E-state index in [1.165, 1.54) is 0 Å². The molecule has 1 heterocycles. The van der Waals surface area contributed by atoms with Gasteiger partial charge in [-0.15, -0.1) is 0 Å². The minimum Gasteiger partial charge on any atom is -0.760 e. The second kappa shape index (κ2) is 3.97. The smallest absolute Gasteiger partial charge is 0.239 e. The molecule has 0 aliphatic heterocycles. The molecule has 6 nitrogen and oxygen atoms in total. The lowest BCUT2D eigenvalue weighted by Gasteiger charge is -2.10. The molecule has 0 aliphatic carbocycles. The Balaban J connectivity index is 2.77. The minimum atomic E-state index is -2.54. The summed E-state index contributed by atoms with van der Waals surface area (Å²) in [5.74, 6) is 0.492. The van der Waals surface area contributed by atoms with Crippen LogP contribution in [0.15, 0.2) is 4.42 Å². The number of aliphatic hydroxyl groups is 1. The molecule has 2 unspecified atom stereocenters. The number of hydrogen-bond acceptors (Lipinski definition) is 5. The van der Waals surface area contributed by atoms with Crippen molar-refractivity contribution in [3.05, 3.63) is 17.3 Å². The van der Waals surface area contributed by atoms with Crippen LogP contribution < -0.4 is 4.72 Å². The summed E-state index contributed by atoms with van der Waals surface area (Å²) in [6.07, 6.45) is -1.43. The van der Waals surface area contributed by atoms with Gasteiger partial charge < -0.3 is 14.1 Å². The number of oxazole rings is 1. The largest absolute Gasteiger partial charge is 0.760 e. The summed E-state index contributed by atoms with van der Waals surface area (Å²) < 4.78 is 27.1. The molecule has 2 N–H and O–H groups in total. The van der Waals surface area contributed by atoms with E-state index in [4.69, 9.17) is 9.52 Å². The SMILES string of the molecule is Cc1nc(C(O)NS(=O)[O-])oc1C. The van der Waals surface area contributed by atoms with Crippen molar-refractivity contribution in [3.63, 3.8) is 0 Å². The highest BCUT2D eigenvalue weighted by Gasteiger charge is 2.14. The highest BCUT2D eigenvalue weighted by molar-refractivity contribution is 7.77. The first-order valence-electron chi connectivity index (χ1n) is 3.48. The van der Waals surface area contributed by atoms with Crippen LogP contribution in [0, 0.1) is 13.8 Å². The quantitative estimate of drug-likeness (QED) is 0.520. The molecule has 7 heteroatoms. The second-order valence-corrected chi connectivity index (χ2v) is 3.15. The maximum Gasteiger partial charge on any atom is 0.239 e. The highest BCUT2D eigenvalue weighted by atomic mass is 32.2. The number of aryl methyl sites for hydroxylation is 2. The zero-order chi connectivity index (χ0) is 10.0. The van der Waals surface area contributed by atoms with E-state index < -0.39 is 17.5 Å². The van der Waals surface area contributed by atoms with E-state index in [-0.39, 0.29) is 5.89 Å². The van der Waals surface area contributed by atoms with Crippen molar-refractivity contribution in [2.24, 2.45) is 0 Å². The van der Waals surface area contributed by atoms with Crippen LogP contribution in [0.2, 0.25) is 0 Å². The van der Waals surface area contributed by atoms with Crippen molar-refractivity contribution in [1.29, 1.82) is 0 Å². The molecule has 0 amide bonds. The third-order valence-corrected chi connectivity index (χ3v) is 1.90. The molecular formula is C6H9N2O4S-. The lowest BCUT2D eigenvalue weighted by molar-refractivity contribution is 0.130. The molecule has 1 aromatic rings. The fourth-order valence-electron chi connectivity index (χ4n) is 0.756. The van der Waals surface area contributed by atoms with Crippen LogP contribution in [0.5, 0.6) is 0 Å². The summed E-state index contributed by atoms with van der Waals surface area (Å²) in [7, 11) is 0. The Labute approximate surface area is 77.4 Å². The lowest BCUT2D eigenvalue weighted by Crippen LogP contribution is -2.23. The topological polar surface area (TPSA) is 98.4 Å². The van der Waals surface area contributed by atoms with E-state index in [1.807, 2.05) is 4.72 Å². The normalized spacial score (nSPS) is 15.7. The van der Waals surface area contributed by atoms with Crippen molar-refractivity contribution in [1.82, 2.24) is 9.71 Å². The van der Waals surface area contributed by atoms with Crippen LogP contribution in [-0.4, -0.2) is 18.9 Å². The summed E-state index contributed by atoms with van der Waals surface area (Å²) in [5, 5.41) is 9.17. The first-order valence-corrected chi connectivity index (χ1v) is 4.55. The highest BCUT2D eigenvalue weighted by Crippen LogP contribution is 2.13. The molecule has 0 bridgehead atoms. The summed E-state index contributed by atoms with van der Waals surface area (Å²) in [4.78, 5) is 3.81. The minimum absolute atomic E-state index is 0.0563. The van der Waals surface area contributed by atoms with Gasteiger partial charge in [-0.25, -0.2) is 9.71 Å². The number of hydrogen-bond donors (Lipinski definition) is 2. The molecule has 0 aliphatic rings. The van der Waals surface area contributed by atoms with E-state index in [0.717, 1.165) is 0 Å². The Kier molecular flexibility index (Phi) is 3.15. The average Bonchev–Trinajstić information content (AvgIpc) is 2.31. The van der Waals surface area contributed by atoms with Gasteiger partial charge in [0, 0.05) is 11.3 Å².